The number of pyridine rings is 3. The number of likely N-dealkylation sites (tertiary alicyclic amines) is 1. The Labute approximate surface area is 596 Å². The minimum atomic E-state index is -0.509. The molecule has 2 amide bonds. The Morgan fingerprint density at radius 2 is 1.03 bits per heavy atom. The fourth-order valence-electron chi connectivity index (χ4n) is 11.7. The Balaban J connectivity index is 0.000000172. The van der Waals surface area contributed by atoms with Gasteiger partial charge in [-0.25, -0.2) is 19.7 Å². The zero-order valence-corrected chi connectivity index (χ0v) is 60.5. The second-order valence-electron chi connectivity index (χ2n) is 25.4. The first-order chi connectivity index (χ1) is 48.5. The van der Waals surface area contributed by atoms with Crippen molar-refractivity contribution in [2.45, 2.75) is 111 Å². The van der Waals surface area contributed by atoms with Gasteiger partial charge in [0.25, 0.3) is 16.7 Å². The third kappa shape index (κ3) is 22.4. The SMILES string of the molecule is C=CC(=O)Cl.C=CC(=O)N1CCN(CCn2c(=O)ccc3cnc(Nc4cnn(C)c4)nc32)[C@@H](CC)C1.CC[C@@H]1CCCN(C(=O)OC(C)(C)C)C1.CC[C@H]1CNCCN1CCn1c(=O)ccc2cnc(Nc3cnn(C)c3)nc21.Cn1cc(Nc2ncc3ccc(=O)n(CCCl)c3n2)cn1. The molecule has 0 aliphatic carbocycles. The summed E-state index contributed by atoms with van der Waals surface area (Å²) in [6, 6.07) is 10.6. The molecule has 0 spiro atoms. The van der Waals surface area contributed by atoms with Gasteiger partial charge in [-0.1, -0.05) is 40.3 Å². The molecule has 0 unspecified atom stereocenters. The molecule has 3 aliphatic rings. The van der Waals surface area contributed by atoms with Crippen LogP contribution in [0.5, 0.6) is 0 Å². The molecule has 3 atom stereocenters. The number of halogens is 2. The van der Waals surface area contributed by atoms with Crippen LogP contribution in [0.2, 0.25) is 0 Å². The normalized spacial score (nSPS) is 16.3. The van der Waals surface area contributed by atoms with Crippen LogP contribution in [0.1, 0.15) is 73.6 Å². The highest BCUT2D eigenvalue weighted by Gasteiger charge is 2.29. The van der Waals surface area contributed by atoms with E-state index in [-0.39, 0.29) is 40.3 Å². The van der Waals surface area contributed by atoms with E-state index in [0.717, 1.165) is 111 Å². The van der Waals surface area contributed by atoms with E-state index >= 15 is 0 Å². The standard InChI is InChI=1S/C22H28N8O2.C19H26N8O.C13H13ClN6O.C12H23NO2.C3H3ClO/c1-4-18-15-29(19(31)5-2)9-8-28(18)10-11-30-20(32)7-6-16-12-23-22(26-21(16)30)25-17-13-24-27(3)14-17;1-3-16-12-20-6-7-26(16)8-9-27-17(28)5-4-14-10-21-19(24-18(14)27)23-15-11-22-25(2)13-15;1-19-8-10(7-16-19)17-13-15-6-9-2-3-11(21)20(5-4-14)12(9)18-13;1-5-10-7-6-8-13(9-10)11(14)15-12(2,3)4;1-2-3(4)5/h5-7,12-14,18H,2,4,8-11,15H2,1,3H3,(H,23,25,26);4-5,10-11,13,16,20H,3,6-9,12H2,1-2H3,(H,21,23,24);2-3,6-8H,4-5H2,1H3,(H,15,17,18);10H,5-9H2,1-4H3;2H,1H2/t18-;16-;;10-;/m00.1./s1. The molecule has 4 N–H and O–H groups in total. The van der Waals surface area contributed by atoms with Gasteiger partial charge in [-0.2, -0.15) is 30.2 Å². The molecule has 30 nitrogen and oxygen atoms in total. The van der Waals surface area contributed by atoms with E-state index in [0.29, 0.717) is 91.9 Å². The van der Waals surface area contributed by atoms with Gasteiger partial charge in [-0.3, -0.25) is 61.5 Å². The number of carbonyl (C=O) groups excluding carboxylic acids is 3. The van der Waals surface area contributed by atoms with Crippen molar-refractivity contribution in [3.05, 3.63) is 149 Å². The molecular formula is C69H93Cl2N23O7. The van der Waals surface area contributed by atoms with Crippen LogP contribution >= 0.6 is 23.2 Å². The third-order valence-electron chi connectivity index (χ3n) is 17.0. The average Bonchev–Trinajstić information content (AvgIpc) is 1.69. The molecule has 3 saturated heterocycles. The van der Waals surface area contributed by atoms with Crippen LogP contribution in [-0.4, -0.2) is 199 Å². The van der Waals surface area contributed by atoms with Crippen LogP contribution in [0, 0.1) is 5.92 Å². The van der Waals surface area contributed by atoms with Crippen LogP contribution in [-0.2, 0) is 55.1 Å². The van der Waals surface area contributed by atoms with Crippen molar-refractivity contribution in [3.63, 3.8) is 0 Å². The van der Waals surface area contributed by atoms with Crippen LogP contribution in [0.3, 0.4) is 0 Å². The van der Waals surface area contributed by atoms with Gasteiger partial charge < -0.3 is 35.8 Å². The third-order valence-corrected chi connectivity index (χ3v) is 17.3. The van der Waals surface area contributed by atoms with Gasteiger partial charge in [0, 0.05) is 196 Å². The Morgan fingerprint density at radius 1 is 0.584 bits per heavy atom. The Morgan fingerprint density at radius 3 is 1.42 bits per heavy atom. The number of nitrogens with one attached hydrogen (secondary N) is 4. The van der Waals surface area contributed by atoms with Crippen molar-refractivity contribution in [2.75, 3.05) is 87.3 Å². The second-order valence-corrected chi connectivity index (χ2v) is 26.1. The molecule has 3 aliphatic heterocycles. The van der Waals surface area contributed by atoms with E-state index in [4.69, 9.17) is 27.9 Å². The van der Waals surface area contributed by atoms with Crippen molar-refractivity contribution >= 4 is 108 Å². The lowest BCUT2D eigenvalue weighted by Crippen LogP contribution is -2.55. The summed E-state index contributed by atoms with van der Waals surface area (Å²) in [4.78, 5) is 105. The summed E-state index contributed by atoms with van der Waals surface area (Å²) in [7, 11) is 5.51. The maximum atomic E-state index is 12.7. The number of nitrogens with zero attached hydrogens (tertiary/aromatic N) is 19. The van der Waals surface area contributed by atoms with Gasteiger partial charge in [0.05, 0.1) is 35.7 Å². The van der Waals surface area contributed by atoms with Gasteiger partial charge in [0.2, 0.25) is 29.0 Å². The number of amides is 2. The summed E-state index contributed by atoms with van der Waals surface area (Å²) in [5.74, 6) is 2.24. The summed E-state index contributed by atoms with van der Waals surface area (Å²) >= 11 is 10.5. The van der Waals surface area contributed by atoms with Crippen LogP contribution in [0.15, 0.2) is 132 Å². The number of rotatable bonds is 19. The van der Waals surface area contributed by atoms with E-state index in [2.05, 4.69) is 110 Å². The predicted octanol–water partition coefficient (Wildman–Crippen LogP) is 7.82. The minimum Gasteiger partial charge on any atom is -0.444 e. The summed E-state index contributed by atoms with van der Waals surface area (Å²) in [5.41, 5.74) is 3.50. The van der Waals surface area contributed by atoms with Crippen molar-refractivity contribution in [3.8, 4) is 0 Å². The molecule has 0 aromatic carbocycles. The zero-order chi connectivity index (χ0) is 72.8. The van der Waals surface area contributed by atoms with E-state index in [1.165, 1.54) is 18.6 Å². The number of ether oxygens (including phenoxy) is 1. The summed E-state index contributed by atoms with van der Waals surface area (Å²) in [6.07, 6.45) is 23.5. The molecule has 3 fully saturated rings. The minimum absolute atomic E-state index is 0.0290. The molecule has 0 radical (unpaired) electrons. The molecule has 101 heavy (non-hydrogen) atoms. The van der Waals surface area contributed by atoms with E-state index in [1.807, 2.05) is 70.3 Å². The predicted molar refractivity (Wildman–Crippen MR) is 394 cm³/mol. The number of aromatic nitrogens is 15. The number of anilines is 6. The van der Waals surface area contributed by atoms with Crippen molar-refractivity contribution < 1.29 is 19.1 Å². The number of carbonyl (C=O) groups is 3. The lowest BCUT2D eigenvalue weighted by atomic mass is 9.96. The largest absolute Gasteiger partial charge is 0.444 e. The Bertz CT molecular complexity index is 4440. The van der Waals surface area contributed by atoms with E-state index < -0.39 is 5.24 Å². The number of hydrogen-bond donors (Lipinski definition) is 4. The first kappa shape index (κ1) is 77.0. The van der Waals surface area contributed by atoms with Gasteiger partial charge in [-0.15, -0.1) is 11.6 Å². The van der Waals surface area contributed by atoms with Crippen molar-refractivity contribution in [2.24, 2.45) is 27.1 Å². The number of piperidine rings is 1. The summed E-state index contributed by atoms with van der Waals surface area (Å²) < 4.78 is 15.4. The van der Waals surface area contributed by atoms with E-state index in [1.54, 1.807) is 95.3 Å². The van der Waals surface area contributed by atoms with Crippen LogP contribution in [0.4, 0.5) is 39.7 Å². The molecule has 0 bridgehead atoms. The Hall–Kier alpha value is -9.75. The monoisotopic (exact) mass is 1430 g/mol. The number of aryl methyl sites for hydroxylation is 4. The first-order valence-electron chi connectivity index (χ1n) is 33.8. The quantitative estimate of drug-likeness (QED) is 0.0340. The fourth-order valence-corrected chi connectivity index (χ4v) is 11.9. The molecular weight excluding hydrogens is 1330 g/mol. The highest BCUT2D eigenvalue weighted by Crippen LogP contribution is 2.23. The van der Waals surface area contributed by atoms with Crippen LogP contribution < -0.4 is 37.9 Å². The first-order valence-corrected chi connectivity index (χ1v) is 34.7. The maximum absolute atomic E-state index is 12.7. The highest BCUT2D eigenvalue weighted by molar-refractivity contribution is 6.66. The second kappa shape index (κ2) is 37.1. The lowest BCUT2D eigenvalue weighted by Gasteiger charge is -2.41. The van der Waals surface area contributed by atoms with Gasteiger partial charge in [-0.05, 0) is 94.3 Å². The van der Waals surface area contributed by atoms with Crippen molar-refractivity contribution in [1.29, 1.82) is 0 Å². The molecule has 12 heterocycles. The fraction of sp³-hybridized carbons (Fsp3) is 0.464. The van der Waals surface area contributed by atoms with E-state index in [9.17, 15) is 28.8 Å². The average molecular weight is 1430 g/mol. The molecule has 540 valence electrons. The van der Waals surface area contributed by atoms with Gasteiger partial charge in [0.15, 0.2) is 0 Å². The number of fused-ring (bicyclic) bond motifs is 3. The number of piperazine rings is 2. The topological polar surface area (TPSA) is 318 Å². The maximum Gasteiger partial charge on any atom is 0.410 e. The number of allylic oxidation sites excluding steroid dienone is 1. The Kier molecular flexibility index (Phi) is 28.3. The number of hydrogen-bond acceptors (Lipinski definition) is 22. The molecule has 9 aromatic heterocycles. The van der Waals surface area contributed by atoms with Crippen LogP contribution in [0.25, 0.3) is 33.1 Å². The lowest BCUT2D eigenvalue weighted by molar-refractivity contribution is -0.129. The van der Waals surface area contributed by atoms with Gasteiger partial charge >= 0.3 is 6.09 Å². The molecule has 0 saturated carbocycles. The summed E-state index contributed by atoms with van der Waals surface area (Å²) in [6.45, 7) is 28.8. The number of alkyl halides is 1. The molecule has 32 heteroatoms. The molecule has 9 aromatic rings. The zero-order valence-electron chi connectivity index (χ0n) is 59.0. The molecule has 12 rings (SSSR count). The highest BCUT2D eigenvalue weighted by atomic mass is 35.5. The summed E-state index contributed by atoms with van der Waals surface area (Å²) in [5, 5.41) is 27.0. The van der Waals surface area contributed by atoms with Gasteiger partial charge in [0.1, 0.15) is 22.5 Å². The smallest absolute Gasteiger partial charge is 0.410 e. The van der Waals surface area contributed by atoms with Crippen molar-refractivity contribution in [1.82, 2.24) is 97.9 Å².